The third-order valence-corrected chi connectivity index (χ3v) is 4.40. The summed E-state index contributed by atoms with van der Waals surface area (Å²) in [5.41, 5.74) is 1.19. The molecule has 8 nitrogen and oxygen atoms in total. The van der Waals surface area contributed by atoms with Crippen molar-refractivity contribution >= 4 is 41.0 Å². The number of carbonyl (C=O) groups is 3. The molecule has 0 bridgehead atoms. The van der Waals surface area contributed by atoms with Crippen molar-refractivity contribution in [3.63, 3.8) is 0 Å². The summed E-state index contributed by atoms with van der Waals surface area (Å²) in [5.74, 6) is -0.836. The number of hydrogen-bond donors (Lipinski definition) is 3. The van der Waals surface area contributed by atoms with Crippen LogP contribution in [0.15, 0.2) is 59.5 Å². The van der Waals surface area contributed by atoms with Gasteiger partial charge in [-0.3, -0.25) is 9.59 Å². The van der Waals surface area contributed by atoms with E-state index < -0.39 is 24.5 Å². The Morgan fingerprint density at radius 2 is 1.72 bits per heavy atom. The Kier molecular flexibility index (Phi) is 9.05. The minimum Gasteiger partial charge on any atom is -0.456 e. The maximum absolute atomic E-state index is 12.0. The second kappa shape index (κ2) is 12.0. The Balaban J connectivity index is 1.67. The van der Waals surface area contributed by atoms with Gasteiger partial charge in [0.05, 0.1) is 23.9 Å². The molecule has 0 atom stereocenters. The van der Waals surface area contributed by atoms with Gasteiger partial charge < -0.3 is 20.7 Å². The van der Waals surface area contributed by atoms with E-state index in [-0.39, 0.29) is 18.7 Å². The Labute approximate surface area is 172 Å². The summed E-state index contributed by atoms with van der Waals surface area (Å²) in [6.45, 7) is -0.362. The number of hydrogen-bond acceptors (Lipinski definition) is 6. The molecule has 0 unspecified atom stereocenters. The van der Waals surface area contributed by atoms with Gasteiger partial charge in [0.25, 0.3) is 5.91 Å². The van der Waals surface area contributed by atoms with Crippen LogP contribution in [0.4, 0.5) is 16.2 Å². The van der Waals surface area contributed by atoms with Crippen molar-refractivity contribution in [1.82, 2.24) is 5.32 Å². The standard InChI is InChI=1S/C20H20N4O4S/c21-11-13-29-17-9-5-4-8-16(17)24-18(25)14-28-19(26)10-12-22-20(27)23-15-6-2-1-3-7-15/h1-9H,10,12-14H2,(H,24,25)(H2,22,23,27). The third-order valence-electron chi connectivity index (χ3n) is 3.46. The van der Waals surface area contributed by atoms with Gasteiger partial charge in [-0.05, 0) is 24.3 Å². The van der Waals surface area contributed by atoms with Gasteiger partial charge in [0.1, 0.15) is 0 Å². The van der Waals surface area contributed by atoms with Crippen LogP contribution in [-0.4, -0.2) is 36.8 Å². The largest absolute Gasteiger partial charge is 0.456 e. The maximum Gasteiger partial charge on any atom is 0.319 e. The molecule has 2 aromatic carbocycles. The molecule has 29 heavy (non-hydrogen) atoms. The van der Waals surface area contributed by atoms with Crippen LogP contribution >= 0.6 is 11.8 Å². The summed E-state index contributed by atoms with van der Waals surface area (Å²) in [7, 11) is 0. The van der Waals surface area contributed by atoms with Gasteiger partial charge in [-0.15, -0.1) is 11.8 Å². The molecule has 0 heterocycles. The van der Waals surface area contributed by atoms with Gasteiger partial charge >= 0.3 is 12.0 Å². The number of nitrogens with one attached hydrogen (secondary N) is 3. The molecule has 2 aromatic rings. The van der Waals surface area contributed by atoms with E-state index in [2.05, 4.69) is 16.0 Å². The summed E-state index contributed by atoms with van der Waals surface area (Å²) < 4.78 is 4.92. The second-order valence-electron chi connectivity index (χ2n) is 5.65. The number of para-hydroxylation sites is 2. The van der Waals surface area contributed by atoms with Gasteiger partial charge in [0, 0.05) is 17.1 Å². The van der Waals surface area contributed by atoms with Gasteiger partial charge in [0.15, 0.2) is 6.61 Å². The predicted octanol–water partition coefficient (Wildman–Crippen LogP) is 3.00. The van der Waals surface area contributed by atoms with E-state index in [9.17, 15) is 14.4 Å². The quantitative estimate of drug-likeness (QED) is 0.430. The van der Waals surface area contributed by atoms with Crippen LogP contribution < -0.4 is 16.0 Å². The van der Waals surface area contributed by atoms with Crippen LogP contribution in [0.5, 0.6) is 0 Å². The molecular weight excluding hydrogens is 392 g/mol. The van der Waals surface area contributed by atoms with Crippen LogP contribution in [-0.2, 0) is 14.3 Å². The average molecular weight is 412 g/mol. The SMILES string of the molecule is N#CCSc1ccccc1NC(=O)COC(=O)CCNC(=O)Nc1ccccc1. The normalized spacial score (nSPS) is 9.76. The lowest BCUT2D eigenvalue weighted by Gasteiger charge is -2.10. The van der Waals surface area contributed by atoms with Crippen LogP contribution in [0.25, 0.3) is 0 Å². The number of ether oxygens (including phenoxy) is 1. The van der Waals surface area contributed by atoms with Crippen molar-refractivity contribution in [2.75, 3.05) is 29.5 Å². The van der Waals surface area contributed by atoms with Crippen LogP contribution in [0.3, 0.4) is 0 Å². The van der Waals surface area contributed by atoms with Crippen LogP contribution in [0.2, 0.25) is 0 Å². The van der Waals surface area contributed by atoms with E-state index in [1.54, 1.807) is 48.5 Å². The van der Waals surface area contributed by atoms with Gasteiger partial charge in [-0.2, -0.15) is 5.26 Å². The van der Waals surface area contributed by atoms with Gasteiger partial charge in [-0.1, -0.05) is 30.3 Å². The van der Waals surface area contributed by atoms with E-state index in [0.717, 1.165) is 4.90 Å². The smallest absolute Gasteiger partial charge is 0.319 e. The molecule has 0 aliphatic carbocycles. The van der Waals surface area contributed by atoms with Crippen LogP contribution in [0.1, 0.15) is 6.42 Å². The lowest BCUT2D eigenvalue weighted by Crippen LogP contribution is -2.31. The fraction of sp³-hybridized carbons (Fsp3) is 0.200. The zero-order valence-electron chi connectivity index (χ0n) is 15.5. The molecule has 3 N–H and O–H groups in total. The highest BCUT2D eigenvalue weighted by Crippen LogP contribution is 2.26. The first-order valence-electron chi connectivity index (χ1n) is 8.72. The molecule has 0 spiro atoms. The van der Waals surface area contributed by atoms with Gasteiger partial charge in [-0.25, -0.2) is 4.79 Å². The van der Waals surface area contributed by atoms with E-state index in [1.165, 1.54) is 11.8 Å². The molecule has 0 radical (unpaired) electrons. The Bertz CT molecular complexity index is 884. The first kappa shape index (κ1) is 21.8. The fourth-order valence-electron chi connectivity index (χ4n) is 2.19. The lowest BCUT2D eigenvalue weighted by molar-refractivity contribution is -0.147. The summed E-state index contributed by atoms with van der Waals surface area (Å²) in [4.78, 5) is 36.2. The monoisotopic (exact) mass is 412 g/mol. The minimum absolute atomic E-state index is 0.0654. The zero-order chi connectivity index (χ0) is 20.9. The fourth-order valence-corrected chi connectivity index (χ4v) is 2.85. The molecule has 0 saturated heterocycles. The molecule has 9 heteroatoms. The number of esters is 1. The molecule has 150 valence electrons. The minimum atomic E-state index is -0.604. The molecule has 0 fully saturated rings. The number of nitriles is 1. The van der Waals surface area contributed by atoms with E-state index in [0.29, 0.717) is 11.4 Å². The Hall–Kier alpha value is -3.51. The molecular formula is C20H20N4O4S. The molecule has 0 saturated carbocycles. The lowest BCUT2D eigenvalue weighted by atomic mass is 10.3. The van der Waals surface area contributed by atoms with Crippen molar-refractivity contribution in [3.05, 3.63) is 54.6 Å². The number of nitrogens with zero attached hydrogens (tertiary/aromatic N) is 1. The molecule has 3 amide bonds. The molecule has 0 aliphatic heterocycles. The number of rotatable bonds is 9. The van der Waals surface area contributed by atoms with Crippen LogP contribution in [0, 0.1) is 11.3 Å². The van der Waals surface area contributed by atoms with E-state index in [1.807, 2.05) is 12.1 Å². The Morgan fingerprint density at radius 1 is 1.00 bits per heavy atom. The number of benzene rings is 2. The van der Waals surface area contributed by atoms with E-state index in [4.69, 9.17) is 10.00 Å². The highest BCUT2D eigenvalue weighted by atomic mass is 32.2. The predicted molar refractivity (Wildman–Crippen MR) is 110 cm³/mol. The van der Waals surface area contributed by atoms with Crippen molar-refractivity contribution in [3.8, 4) is 6.07 Å². The van der Waals surface area contributed by atoms with Crippen molar-refractivity contribution in [1.29, 1.82) is 5.26 Å². The number of thioether (sulfide) groups is 1. The second-order valence-corrected chi connectivity index (χ2v) is 6.67. The highest BCUT2D eigenvalue weighted by Gasteiger charge is 2.11. The average Bonchev–Trinajstić information content (AvgIpc) is 2.72. The van der Waals surface area contributed by atoms with Crippen molar-refractivity contribution in [2.24, 2.45) is 0 Å². The maximum atomic E-state index is 12.0. The first-order chi connectivity index (χ1) is 14.1. The summed E-state index contributed by atoms with van der Waals surface area (Å²) in [6, 6.07) is 17.5. The van der Waals surface area contributed by atoms with Gasteiger partial charge in [0.2, 0.25) is 0 Å². The zero-order valence-corrected chi connectivity index (χ0v) is 16.3. The molecule has 0 aromatic heterocycles. The number of urea groups is 1. The van der Waals surface area contributed by atoms with Crippen molar-refractivity contribution in [2.45, 2.75) is 11.3 Å². The summed E-state index contributed by atoms with van der Waals surface area (Å²) in [6.07, 6.45) is -0.0654. The topological polar surface area (TPSA) is 120 Å². The molecule has 2 rings (SSSR count). The molecule has 0 aliphatic rings. The number of anilines is 2. The third kappa shape index (κ3) is 8.36. The van der Waals surface area contributed by atoms with Crippen molar-refractivity contribution < 1.29 is 19.1 Å². The Morgan fingerprint density at radius 3 is 2.48 bits per heavy atom. The summed E-state index contributed by atoms with van der Waals surface area (Å²) in [5, 5.41) is 16.5. The number of amides is 3. The first-order valence-corrected chi connectivity index (χ1v) is 9.71. The summed E-state index contributed by atoms with van der Waals surface area (Å²) >= 11 is 1.30. The number of carbonyl (C=O) groups excluding carboxylic acids is 3. The highest BCUT2D eigenvalue weighted by molar-refractivity contribution is 7.99. The van der Waals surface area contributed by atoms with E-state index >= 15 is 0 Å².